The number of hydrogen-bond acceptors (Lipinski definition) is 2. The van der Waals surface area contributed by atoms with Gasteiger partial charge in [-0.15, -0.1) is 0 Å². The first-order valence-electron chi connectivity index (χ1n) is 3.05. The van der Waals surface area contributed by atoms with Crippen molar-refractivity contribution < 1.29 is 9.59 Å². The third-order valence-electron chi connectivity index (χ3n) is 0.496. The first kappa shape index (κ1) is 11.7. The van der Waals surface area contributed by atoms with Crippen LogP contribution in [0, 0.1) is 0 Å². The molecule has 0 aliphatic carbocycles. The predicted octanol–water partition coefficient (Wildman–Crippen LogP) is -0.237. The van der Waals surface area contributed by atoms with E-state index in [1.807, 2.05) is 6.92 Å². The Morgan fingerprint density at radius 3 is 1.60 bits per heavy atom. The highest BCUT2D eigenvalue weighted by atomic mass is 16.1. The van der Waals surface area contributed by atoms with Crippen molar-refractivity contribution in [3.05, 3.63) is 0 Å². The summed E-state index contributed by atoms with van der Waals surface area (Å²) in [5.74, 6) is -0.544. The number of amides is 2. The molecule has 0 aromatic carbocycles. The van der Waals surface area contributed by atoms with Crippen LogP contribution in [0.5, 0.6) is 0 Å². The minimum Gasteiger partial charge on any atom is -0.370 e. The Hall–Kier alpha value is -1.06. The molecular formula is C6H14N2O2. The fourth-order valence-corrected chi connectivity index (χ4v) is 0.246. The summed E-state index contributed by atoms with van der Waals surface area (Å²) in [6, 6.07) is 0. The molecule has 4 heteroatoms. The molecule has 0 atom stereocenters. The molecule has 0 heterocycles. The molecule has 0 bridgehead atoms. The lowest BCUT2D eigenvalue weighted by Gasteiger charge is -1.81. The zero-order valence-electron chi connectivity index (χ0n) is 6.39. The minimum atomic E-state index is -0.333. The van der Waals surface area contributed by atoms with Crippen LogP contribution in [-0.2, 0) is 9.59 Å². The van der Waals surface area contributed by atoms with Crippen molar-refractivity contribution in [2.45, 2.75) is 26.7 Å². The quantitative estimate of drug-likeness (QED) is 0.563. The summed E-state index contributed by atoms with van der Waals surface area (Å²) in [7, 11) is 0. The van der Waals surface area contributed by atoms with Gasteiger partial charge in [0.15, 0.2) is 0 Å². The van der Waals surface area contributed by atoms with Crippen molar-refractivity contribution in [3.8, 4) is 0 Å². The van der Waals surface area contributed by atoms with Gasteiger partial charge in [0.05, 0.1) is 0 Å². The van der Waals surface area contributed by atoms with Gasteiger partial charge in [-0.05, 0) is 6.42 Å². The van der Waals surface area contributed by atoms with Gasteiger partial charge < -0.3 is 11.5 Å². The molecule has 0 aromatic rings. The SMILES string of the molecule is CC(N)=O.CCCC(N)=O. The van der Waals surface area contributed by atoms with E-state index in [0.29, 0.717) is 6.42 Å². The van der Waals surface area contributed by atoms with E-state index in [1.165, 1.54) is 6.92 Å². The van der Waals surface area contributed by atoms with Gasteiger partial charge >= 0.3 is 0 Å². The summed E-state index contributed by atoms with van der Waals surface area (Å²) in [5, 5.41) is 0. The summed E-state index contributed by atoms with van der Waals surface area (Å²) in [5.41, 5.74) is 9.24. The van der Waals surface area contributed by atoms with Gasteiger partial charge in [-0.3, -0.25) is 9.59 Å². The van der Waals surface area contributed by atoms with Gasteiger partial charge in [-0.1, -0.05) is 6.92 Å². The van der Waals surface area contributed by atoms with Crippen LogP contribution < -0.4 is 11.5 Å². The summed E-state index contributed by atoms with van der Waals surface area (Å²) in [6.45, 7) is 3.23. The number of nitrogens with two attached hydrogens (primary N) is 2. The largest absolute Gasteiger partial charge is 0.370 e. The summed E-state index contributed by atoms with van der Waals surface area (Å²) >= 11 is 0. The second-order valence-corrected chi connectivity index (χ2v) is 1.83. The number of hydrogen-bond donors (Lipinski definition) is 2. The first-order valence-corrected chi connectivity index (χ1v) is 3.05. The van der Waals surface area contributed by atoms with E-state index >= 15 is 0 Å². The Morgan fingerprint density at radius 1 is 1.30 bits per heavy atom. The second kappa shape index (κ2) is 7.94. The van der Waals surface area contributed by atoms with Crippen LogP contribution in [-0.4, -0.2) is 11.8 Å². The number of carbonyl (C=O) groups is 2. The maximum Gasteiger partial charge on any atom is 0.217 e. The molecule has 4 N–H and O–H groups in total. The molecule has 10 heavy (non-hydrogen) atoms. The number of primary amides is 2. The molecule has 0 aliphatic rings. The zero-order chi connectivity index (χ0) is 8.57. The molecule has 0 spiro atoms. The van der Waals surface area contributed by atoms with Gasteiger partial charge in [-0.25, -0.2) is 0 Å². The van der Waals surface area contributed by atoms with Crippen LogP contribution in [0.15, 0.2) is 0 Å². The maximum absolute atomic E-state index is 9.82. The zero-order valence-corrected chi connectivity index (χ0v) is 6.39. The Bertz CT molecular complexity index is 108. The summed E-state index contributed by atoms with van der Waals surface area (Å²) in [4.78, 5) is 19.0. The average Bonchev–Trinajstić information content (AvgIpc) is 1.62. The molecule has 0 fully saturated rings. The van der Waals surface area contributed by atoms with Crippen molar-refractivity contribution in [2.75, 3.05) is 0 Å². The molecule has 0 aromatic heterocycles. The van der Waals surface area contributed by atoms with Crippen LogP contribution in [0.25, 0.3) is 0 Å². The predicted molar refractivity (Wildman–Crippen MR) is 39.0 cm³/mol. The van der Waals surface area contributed by atoms with Crippen molar-refractivity contribution in [2.24, 2.45) is 11.5 Å². The van der Waals surface area contributed by atoms with E-state index in [0.717, 1.165) is 6.42 Å². The lowest BCUT2D eigenvalue weighted by Crippen LogP contribution is -2.08. The Morgan fingerprint density at radius 2 is 1.60 bits per heavy atom. The normalized spacial score (nSPS) is 7.40. The highest BCUT2D eigenvalue weighted by Gasteiger charge is 1.84. The topological polar surface area (TPSA) is 86.2 Å². The van der Waals surface area contributed by atoms with E-state index in [2.05, 4.69) is 5.73 Å². The van der Waals surface area contributed by atoms with E-state index in [1.54, 1.807) is 0 Å². The van der Waals surface area contributed by atoms with Crippen LogP contribution in [0.4, 0.5) is 0 Å². The highest BCUT2D eigenvalue weighted by Crippen LogP contribution is 1.79. The molecule has 0 saturated heterocycles. The van der Waals surface area contributed by atoms with Crippen molar-refractivity contribution in [1.82, 2.24) is 0 Å². The van der Waals surface area contributed by atoms with Gasteiger partial charge in [-0.2, -0.15) is 0 Å². The van der Waals surface area contributed by atoms with Crippen molar-refractivity contribution >= 4 is 11.8 Å². The van der Waals surface area contributed by atoms with Gasteiger partial charge in [0.2, 0.25) is 11.8 Å². The lowest BCUT2D eigenvalue weighted by atomic mass is 10.3. The van der Waals surface area contributed by atoms with Gasteiger partial charge in [0, 0.05) is 13.3 Å². The maximum atomic E-state index is 9.82. The van der Waals surface area contributed by atoms with E-state index in [-0.39, 0.29) is 11.8 Å². The smallest absolute Gasteiger partial charge is 0.217 e. The van der Waals surface area contributed by atoms with Crippen LogP contribution in [0.2, 0.25) is 0 Å². The molecule has 4 nitrogen and oxygen atoms in total. The third kappa shape index (κ3) is 65.1. The molecule has 0 rings (SSSR count). The molecule has 2 amide bonds. The fourth-order valence-electron chi connectivity index (χ4n) is 0.246. The molecule has 0 unspecified atom stereocenters. The number of carbonyl (C=O) groups excluding carboxylic acids is 2. The average molecular weight is 146 g/mol. The van der Waals surface area contributed by atoms with Crippen LogP contribution >= 0.6 is 0 Å². The molecule has 0 radical (unpaired) electrons. The highest BCUT2D eigenvalue weighted by molar-refractivity contribution is 5.73. The third-order valence-corrected chi connectivity index (χ3v) is 0.496. The number of rotatable bonds is 2. The molecule has 0 aliphatic heterocycles. The van der Waals surface area contributed by atoms with Crippen LogP contribution in [0.1, 0.15) is 26.7 Å². The first-order chi connectivity index (χ1) is 4.50. The molecule has 60 valence electrons. The Kier molecular flexibility index (Phi) is 9.29. The Labute approximate surface area is 60.6 Å². The second-order valence-electron chi connectivity index (χ2n) is 1.83. The standard InChI is InChI=1S/C4H9NO.C2H5NO/c1-2-3-4(5)6;1-2(3)4/h2-3H2,1H3,(H2,5,6);1H3,(H2,3,4). The summed E-state index contributed by atoms with van der Waals surface area (Å²) < 4.78 is 0. The van der Waals surface area contributed by atoms with Crippen LogP contribution in [0.3, 0.4) is 0 Å². The van der Waals surface area contributed by atoms with Gasteiger partial charge in [0.1, 0.15) is 0 Å². The van der Waals surface area contributed by atoms with Gasteiger partial charge in [0.25, 0.3) is 0 Å². The van der Waals surface area contributed by atoms with E-state index in [9.17, 15) is 9.59 Å². The molecular weight excluding hydrogens is 132 g/mol. The summed E-state index contributed by atoms with van der Waals surface area (Å²) in [6.07, 6.45) is 1.37. The van der Waals surface area contributed by atoms with Crippen molar-refractivity contribution in [3.63, 3.8) is 0 Å². The van der Waals surface area contributed by atoms with E-state index < -0.39 is 0 Å². The van der Waals surface area contributed by atoms with Crippen molar-refractivity contribution in [1.29, 1.82) is 0 Å². The monoisotopic (exact) mass is 146 g/mol. The minimum absolute atomic E-state index is 0.211. The molecule has 0 saturated carbocycles. The lowest BCUT2D eigenvalue weighted by molar-refractivity contribution is -0.118. The Balaban J connectivity index is 0. The fraction of sp³-hybridized carbons (Fsp3) is 0.667. The van der Waals surface area contributed by atoms with E-state index in [4.69, 9.17) is 5.73 Å².